The number of H-pyrrole nitrogens is 1. The molecule has 1 aliphatic carbocycles. The summed E-state index contributed by atoms with van der Waals surface area (Å²) in [5.74, 6) is -1.61. The predicted octanol–water partition coefficient (Wildman–Crippen LogP) is 1.61. The van der Waals surface area contributed by atoms with E-state index in [-0.39, 0.29) is 17.7 Å². The van der Waals surface area contributed by atoms with Crippen molar-refractivity contribution in [1.82, 2.24) is 35.1 Å². The zero-order valence-electron chi connectivity index (χ0n) is 17.6. The summed E-state index contributed by atoms with van der Waals surface area (Å²) in [6.45, 7) is 0.426. The van der Waals surface area contributed by atoms with E-state index in [1.807, 2.05) is 0 Å². The number of imidazole rings is 1. The maximum Gasteiger partial charge on any atom is 0.426 e. The molecule has 33 heavy (non-hydrogen) atoms. The van der Waals surface area contributed by atoms with Gasteiger partial charge in [0.15, 0.2) is 5.69 Å². The Labute approximate surface area is 185 Å². The predicted molar refractivity (Wildman–Crippen MR) is 109 cm³/mol. The number of carbonyl (C=O) groups excluding carboxylic acids is 2. The number of aromatic amines is 1. The van der Waals surface area contributed by atoms with Crippen molar-refractivity contribution < 1.29 is 27.9 Å². The molecule has 3 aromatic rings. The number of hydrogen-bond acceptors (Lipinski definition) is 6. The molecule has 0 aliphatic heterocycles. The Hall–Kier alpha value is -3.48. The van der Waals surface area contributed by atoms with Gasteiger partial charge in [-0.05, 0) is 38.7 Å². The van der Waals surface area contributed by atoms with Crippen LogP contribution >= 0.6 is 0 Å². The molecule has 1 aliphatic rings. The highest BCUT2D eigenvalue weighted by molar-refractivity contribution is 6.03. The number of nitrogens with zero attached hydrogens (tertiary/aromatic N) is 4. The van der Waals surface area contributed by atoms with Crippen LogP contribution in [0.4, 0.5) is 13.2 Å². The maximum atomic E-state index is 13.0. The van der Waals surface area contributed by atoms with Crippen molar-refractivity contribution in [3.63, 3.8) is 0 Å². The molecule has 0 bridgehead atoms. The molecule has 176 valence electrons. The molecule has 3 heterocycles. The standard InChI is InChI=1S/C20H22F3N7O3/c1-19(33,20(21,22)23)17(32)27-12-4-2-11(3-5-12)26-16(31)15-14-13(6-7-25-14)28-18(29-15)30-9-8-24-10-30/h6-12,25,33H,2-5H2,1H3,(H,26,31)(H,27,32). The summed E-state index contributed by atoms with van der Waals surface area (Å²) in [5.41, 5.74) is -2.27. The smallest absolute Gasteiger partial charge is 0.373 e. The van der Waals surface area contributed by atoms with Crippen LogP contribution in [0, 0.1) is 0 Å². The lowest BCUT2D eigenvalue weighted by atomic mass is 9.90. The van der Waals surface area contributed by atoms with Gasteiger partial charge in [-0.3, -0.25) is 14.2 Å². The minimum Gasteiger partial charge on any atom is -0.373 e. The third-order valence-corrected chi connectivity index (χ3v) is 5.74. The van der Waals surface area contributed by atoms with Crippen molar-refractivity contribution >= 4 is 22.8 Å². The zero-order valence-corrected chi connectivity index (χ0v) is 17.6. The molecular formula is C20H22F3N7O3. The molecular weight excluding hydrogens is 443 g/mol. The monoisotopic (exact) mass is 465 g/mol. The van der Waals surface area contributed by atoms with E-state index in [1.54, 1.807) is 29.2 Å². The minimum atomic E-state index is -5.07. The number of nitrogens with one attached hydrogen (secondary N) is 3. The van der Waals surface area contributed by atoms with Crippen LogP contribution < -0.4 is 10.6 Å². The van der Waals surface area contributed by atoms with E-state index in [0.29, 0.717) is 43.6 Å². The molecule has 0 radical (unpaired) electrons. The van der Waals surface area contributed by atoms with Gasteiger partial charge in [-0.1, -0.05) is 0 Å². The van der Waals surface area contributed by atoms with Gasteiger partial charge in [0.05, 0.1) is 11.0 Å². The lowest BCUT2D eigenvalue weighted by Gasteiger charge is -2.32. The van der Waals surface area contributed by atoms with Gasteiger partial charge >= 0.3 is 6.18 Å². The van der Waals surface area contributed by atoms with Crippen LogP contribution in [0.5, 0.6) is 0 Å². The third-order valence-electron chi connectivity index (χ3n) is 5.74. The summed E-state index contributed by atoms with van der Waals surface area (Å²) in [6, 6.07) is 0.949. The highest BCUT2D eigenvalue weighted by Crippen LogP contribution is 2.31. The van der Waals surface area contributed by atoms with E-state index < -0.39 is 29.6 Å². The molecule has 4 N–H and O–H groups in total. The van der Waals surface area contributed by atoms with Crippen LogP contribution in [0.2, 0.25) is 0 Å². The number of amides is 2. The van der Waals surface area contributed by atoms with Gasteiger partial charge in [-0.15, -0.1) is 0 Å². The van der Waals surface area contributed by atoms with Crippen molar-refractivity contribution in [3.05, 3.63) is 36.7 Å². The van der Waals surface area contributed by atoms with Crippen LogP contribution in [0.1, 0.15) is 43.1 Å². The van der Waals surface area contributed by atoms with Crippen molar-refractivity contribution in [2.45, 2.75) is 56.5 Å². The van der Waals surface area contributed by atoms with Gasteiger partial charge in [-0.2, -0.15) is 13.2 Å². The van der Waals surface area contributed by atoms with E-state index in [4.69, 9.17) is 0 Å². The third kappa shape index (κ3) is 4.53. The topological polar surface area (TPSA) is 138 Å². The first-order valence-corrected chi connectivity index (χ1v) is 10.3. The number of fused-ring (bicyclic) bond motifs is 1. The Morgan fingerprint density at radius 3 is 2.42 bits per heavy atom. The van der Waals surface area contributed by atoms with E-state index in [2.05, 4.69) is 30.6 Å². The fourth-order valence-electron chi connectivity index (χ4n) is 3.68. The summed E-state index contributed by atoms with van der Waals surface area (Å²) in [5, 5.41) is 14.7. The number of alkyl halides is 3. The molecule has 10 nitrogen and oxygen atoms in total. The molecule has 1 fully saturated rings. The highest BCUT2D eigenvalue weighted by Gasteiger charge is 2.56. The molecule has 1 saturated carbocycles. The molecule has 0 spiro atoms. The van der Waals surface area contributed by atoms with Crippen molar-refractivity contribution in [1.29, 1.82) is 0 Å². The van der Waals surface area contributed by atoms with Gasteiger partial charge < -0.3 is 20.7 Å². The number of aromatic nitrogens is 5. The second kappa shape index (κ2) is 8.46. The molecule has 1 unspecified atom stereocenters. The summed E-state index contributed by atoms with van der Waals surface area (Å²) >= 11 is 0. The SMILES string of the molecule is CC(O)(C(=O)NC1CCC(NC(=O)c2nc(-n3ccnc3)nc3cc[nH]c23)CC1)C(F)(F)F. The van der Waals surface area contributed by atoms with E-state index in [9.17, 15) is 27.9 Å². The summed E-state index contributed by atoms with van der Waals surface area (Å²) in [7, 11) is 0. The Balaban J connectivity index is 1.40. The van der Waals surface area contributed by atoms with Gasteiger partial charge in [0.2, 0.25) is 11.5 Å². The Morgan fingerprint density at radius 2 is 1.82 bits per heavy atom. The number of rotatable bonds is 5. The van der Waals surface area contributed by atoms with Crippen LogP contribution in [0.15, 0.2) is 31.0 Å². The van der Waals surface area contributed by atoms with Crippen LogP contribution in [0.3, 0.4) is 0 Å². The average Bonchev–Trinajstić information content (AvgIpc) is 3.45. The molecule has 2 amide bonds. The highest BCUT2D eigenvalue weighted by atomic mass is 19.4. The largest absolute Gasteiger partial charge is 0.426 e. The maximum absolute atomic E-state index is 13.0. The van der Waals surface area contributed by atoms with Crippen LogP contribution in [-0.4, -0.2) is 65.3 Å². The summed E-state index contributed by atoms with van der Waals surface area (Å²) in [6.07, 6.45) is 2.91. The first-order chi connectivity index (χ1) is 15.6. The quantitative estimate of drug-likeness (QED) is 0.452. The Kier molecular flexibility index (Phi) is 5.82. The summed E-state index contributed by atoms with van der Waals surface area (Å²) in [4.78, 5) is 40.5. The lowest BCUT2D eigenvalue weighted by Crippen LogP contribution is -2.57. The summed E-state index contributed by atoms with van der Waals surface area (Å²) < 4.78 is 40.1. The number of hydrogen-bond donors (Lipinski definition) is 4. The van der Waals surface area contributed by atoms with Gasteiger partial charge in [0.1, 0.15) is 6.33 Å². The molecule has 0 aromatic carbocycles. The first kappa shape index (κ1) is 22.7. The van der Waals surface area contributed by atoms with Crippen LogP contribution in [-0.2, 0) is 4.79 Å². The van der Waals surface area contributed by atoms with Gasteiger partial charge in [-0.25, -0.2) is 15.0 Å². The zero-order chi connectivity index (χ0) is 23.8. The second-order valence-corrected chi connectivity index (χ2v) is 8.15. The van der Waals surface area contributed by atoms with Crippen LogP contribution in [0.25, 0.3) is 17.0 Å². The fourth-order valence-corrected chi connectivity index (χ4v) is 3.68. The fraction of sp³-hybridized carbons (Fsp3) is 0.450. The normalized spacial score (nSPS) is 20.9. The number of aliphatic hydroxyl groups is 1. The minimum absolute atomic E-state index is 0.158. The lowest BCUT2D eigenvalue weighted by molar-refractivity contribution is -0.245. The Bertz CT molecular complexity index is 1150. The molecule has 4 rings (SSSR count). The van der Waals surface area contributed by atoms with E-state index in [1.165, 1.54) is 6.33 Å². The number of halogens is 3. The molecule has 13 heteroatoms. The molecule has 0 saturated heterocycles. The molecule has 1 atom stereocenters. The van der Waals surface area contributed by atoms with Crippen molar-refractivity contribution in [2.75, 3.05) is 0 Å². The Morgan fingerprint density at radius 1 is 1.15 bits per heavy atom. The van der Waals surface area contributed by atoms with Crippen molar-refractivity contribution in [2.24, 2.45) is 0 Å². The first-order valence-electron chi connectivity index (χ1n) is 10.3. The van der Waals surface area contributed by atoms with E-state index >= 15 is 0 Å². The van der Waals surface area contributed by atoms with Crippen molar-refractivity contribution in [3.8, 4) is 5.95 Å². The number of carbonyl (C=O) groups is 2. The van der Waals surface area contributed by atoms with E-state index in [0.717, 1.165) is 0 Å². The average molecular weight is 465 g/mol. The molecule has 3 aromatic heterocycles. The van der Waals surface area contributed by atoms with Gasteiger partial charge in [0.25, 0.3) is 11.8 Å². The second-order valence-electron chi connectivity index (χ2n) is 8.15. The van der Waals surface area contributed by atoms with Gasteiger partial charge in [0, 0.05) is 30.7 Å².